The lowest BCUT2D eigenvalue weighted by Gasteiger charge is -2.07. The van der Waals surface area contributed by atoms with Crippen molar-refractivity contribution in [1.29, 1.82) is 0 Å². The minimum atomic E-state index is -0.876. The number of rotatable bonds is 7. The molecule has 3 aromatic carbocycles. The van der Waals surface area contributed by atoms with E-state index in [1.807, 2.05) is 49.4 Å². The Morgan fingerprint density at radius 3 is 2.39 bits per heavy atom. The van der Waals surface area contributed by atoms with Crippen LogP contribution in [0.5, 0.6) is 11.5 Å². The average Bonchev–Trinajstić information content (AvgIpc) is 2.79. The van der Waals surface area contributed by atoms with Crippen molar-refractivity contribution in [3.63, 3.8) is 0 Å². The molecule has 0 spiro atoms. The van der Waals surface area contributed by atoms with Gasteiger partial charge >= 0.3 is 11.8 Å². The molecular weight excluding hydrogens is 394 g/mol. The molecule has 7 nitrogen and oxygen atoms in total. The van der Waals surface area contributed by atoms with Gasteiger partial charge in [0.05, 0.1) is 13.3 Å². The van der Waals surface area contributed by atoms with Gasteiger partial charge in [0.15, 0.2) is 0 Å². The van der Waals surface area contributed by atoms with Crippen molar-refractivity contribution >= 4 is 23.7 Å². The molecule has 2 amide bonds. The summed E-state index contributed by atoms with van der Waals surface area (Å²) < 4.78 is 10.8. The zero-order valence-corrected chi connectivity index (χ0v) is 17.3. The van der Waals surface area contributed by atoms with E-state index in [2.05, 4.69) is 15.8 Å². The molecule has 0 heterocycles. The molecule has 7 heteroatoms. The van der Waals surface area contributed by atoms with E-state index in [4.69, 9.17) is 9.47 Å². The SMILES string of the molecule is COc1ccc(NC(=O)C(=O)NN=Cc2cccc(OCc3ccc(C)cc3)c2)cc1. The lowest BCUT2D eigenvalue weighted by molar-refractivity contribution is -0.136. The second-order valence-corrected chi connectivity index (χ2v) is 6.73. The van der Waals surface area contributed by atoms with Gasteiger partial charge in [-0.15, -0.1) is 0 Å². The van der Waals surface area contributed by atoms with E-state index in [-0.39, 0.29) is 0 Å². The maximum Gasteiger partial charge on any atom is 0.329 e. The minimum absolute atomic E-state index is 0.448. The first-order valence-corrected chi connectivity index (χ1v) is 9.60. The van der Waals surface area contributed by atoms with Crippen LogP contribution in [0.25, 0.3) is 0 Å². The third-order valence-corrected chi connectivity index (χ3v) is 4.32. The lowest BCUT2D eigenvalue weighted by Crippen LogP contribution is -2.32. The van der Waals surface area contributed by atoms with Crippen LogP contribution in [-0.2, 0) is 16.2 Å². The summed E-state index contributed by atoms with van der Waals surface area (Å²) in [6, 6.07) is 22.0. The summed E-state index contributed by atoms with van der Waals surface area (Å²) in [5, 5.41) is 6.33. The predicted octanol–water partition coefficient (Wildman–Crippen LogP) is 3.67. The van der Waals surface area contributed by atoms with Crippen molar-refractivity contribution in [2.75, 3.05) is 12.4 Å². The molecule has 0 radical (unpaired) electrons. The van der Waals surface area contributed by atoms with Gasteiger partial charge in [0.2, 0.25) is 0 Å². The number of hydrogen-bond donors (Lipinski definition) is 2. The first kappa shape index (κ1) is 21.6. The van der Waals surface area contributed by atoms with Gasteiger partial charge in [-0.1, -0.05) is 42.0 Å². The zero-order chi connectivity index (χ0) is 22.1. The van der Waals surface area contributed by atoms with Crippen LogP contribution in [-0.4, -0.2) is 25.1 Å². The molecule has 0 fully saturated rings. The van der Waals surface area contributed by atoms with Crippen molar-refractivity contribution in [2.45, 2.75) is 13.5 Å². The third kappa shape index (κ3) is 6.71. The monoisotopic (exact) mass is 417 g/mol. The van der Waals surface area contributed by atoms with E-state index in [0.29, 0.717) is 23.8 Å². The largest absolute Gasteiger partial charge is 0.497 e. The van der Waals surface area contributed by atoms with Crippen LogP contribution in [0.1, 0.15) is 16.7 Å². The highest BCUT2D eigenvalue weighted by atomic mass is 16.5. The van der Waals surface area contributed by atoms with Gasteiger partial charge < -0.3 is 14.8 Å². The standard InChI is InChI=1S/C24H23N3O4/c1-17-6-8-18(9-7-17)16-31-22-5-3-4-19(14-22)15-25-27-24(29)23(28)26-20-10-12-21(30-2)13-11-20/h3-15H,16H2,1-2H3,(H,26,28)(H,27,29). The Morgan fingerprint density at radius 2 is 1.68 bits per heavy atom. The normalized spacial score (nSPS) is 10.5. The molecule has 0 bridgehead atoms. The number of hydrazone groups is 1. The van der Waals surface area contributed by atoms with Crippen LogP contribution in [0.4, 0.5) is 5.69 Å². The number of nitrogens with zero attached hydrogens (tertiary/aromatic N) is 1. The van der Waals surface area contributed by atoms with Crippen molar-refractivity contribution < 1.29 is 19.1 Å². The molecule has 31 heavy (non-hydrogen) atoms. The molecule has 3 rings (SSSR count). The van der Waals surface area contributed by atoms with Gasteiger partial charge in [-0.05, 0) is 54.4 Å². The number of hydrogen-bond acceptors (Lipinski definition) is 5. The highest BCUT2D eigenvalue weighted by Gasteiger charge is 2.12. The topological polar surface area (TPSA) is 89.0 Å². The number of ether oxygens (including phenoxy) is 2. The van der Waals surface area contributed by atoms with Crippen LogP contribution in [0.3, 0.4) is 0 Å². The van der Waals surface area contributed by atoms with E-state index in [1.165, 1.54) is 11.8 Å². The summed E-state index contributed by atoms with van der Waals surface area (Å²) >= 11 is 0. The van der Waals surface area contributed by atoms with Crippen LogP contribution in [0.15, 0.2) is 77.9 Å². The Bertz CT molecular complexity index is 1060. The zero-order valence-electron chi connectivity index (χ0n) is 17.3. The lowest BCUT2D eigenvalue weighted by atomic mass is 10.2. The summed E-state index contributed by atoms with van der Waals surface area (Å²) in [5.74, 6) is -0.374. The molecule has 0 aliphatic rings. The number of carbonyl (C=O) groups is 2. The van der Waals surface area contributed by atoms with Crippen molar-refractivity contribution in [3.8, 4) is 11.5 Å². The summed E-state index contributed by atoms with van der Waals surface area (Å²) in [6.45, 7) is 2.48. The number of nitrogens with one attached hydrogen (secondary N) is 2. The quantitative estimate of drug-likeness (QED) is 0.349. The summed E-state index contributed by atoms with van der Waals surface area (Å²) in [6.07, 6.45) is 1.44. The molecule has 3 aromatic rings. The van der Waals surface area contributed by atoms with Crippen LogP contribution < -0.4 is 20.2 Å². The Hall–Kier alpha value is -4.13. The maximum atomic E-state index is 12.0. The Labute approximate surface area is 180 Å². The molecule has 0 unspecified atom stereocenters. The minimum Gasteiger partial charge on any atom is -0.497 e. The fraction of sp³-hybridized carbons (Fsp3) is 0.125. The molecular formula is C24H23N3O4. The van der Waals surface area contributed by atoms with E-state index in [9.17, 15) is 9.59 Å². The van der Waals surface area contributed by atoms with E-state index in [0.717, 1.165) is 11.1 Å². The summed E-state index contributed by atoms with van der Waals surface area (Å²) in [4.78, 5) is 23.9. The molecule has 0 saturated carbocycles. The number of aryl methyl sites for hydroxylation is 1. The fourth-order valence-electron chi connectivity index (χ4n) is 2.61. The Kier molecular flexibility index (Phi) is 7.37. The maximum absolute atomic E-state index is 12.0. The molecule has 0 aliphatic carbocycles. The van der Waals surface area contributed by atoms with E-state index >= 15 is 0 Å². The number of carbonyl (C=O) groups excluding carboxylic acids is 2. The van der Waals surface area contributed by atoms with Crippen molar-refractivity contribution in [1.82, 2.24) is 5.43 Å². The number of anilines is 1. The first-order valence-electron chi connectivity index (χ1n) is 9.60. The predicted molar refractivity (Wildman–Crippen MR) is 119 cm³/mol. The molecule has 2 N–H and O–H groups in total. The molecule has 0 saturated heterocycles. The third-order valence-electron chi connectivity index (χ3n) is 4.32. The summed E-state index contributed by atoms with van der Waals surface area (Å²) in [7, 11) is 1.55. The fourth-order valence-corrected chi connectivity index (χ4v) is 2.61. The Balaban J connectivity index is 1.50. The first-order chi connectivity index (χ1) is 15.0. The van der Waals surface area contributed by atoms with Gasteiger partial charge in [-0.2, -0.15) is 5.10 Å². The van der Waals surface area contributed by atoms with Crippen LogP contribution >= 0.6 is 0 Å². The van der Waals surface area contributed by atoms with E-state index in [1.54, 1.807) is 37.4 Å². The van der Waals surface area contributed by atoms with Crippen molar-refractivity contribution in [2.24, 2.45) is 5.10 Å². The molecule has 0 aliphatic heterocycles. The van der Waals surface area contributed by atoms with Gasteiger partial charge in [-0.25, -0.2) is 5.43 Å². The molecule has 0 atom stereocenters. The molecule has 0 aromatic heterocycles. The second kappa shape index (κ2) is 10.6. The highest BCUT2D eigenvalue weighted by molar-refractivity contribution is 6.39. The van der Waals surface area contributed by atoms with Gasteiger partial charge in [0.25, 0.3) is 0 Å². The van der Waals surface area contributed by atoms with Gasteiger partial charge in [-0.3, -0.25) is 9.59 Å². The van der Waals surface area contributed by atoms with Gasteiger partial charge in [0.1, 0.15) is 18.1 Å². The van der Waals surface area contributed by atoms with Crippen LogP contribution in [0.2, 0.25) is 0 Å². The summed E-state index contributed by atoms with van der Waals surface area (Å²) in [5.41, 5.74) is 5.67. The number of methoxy groups -OCH3 is 1. The highest BCUT2D eigenvalue weighted by Crippen LogP contribution is 2.15. The molecule has 158 valence electrons. The van der Waals surface area contributed by atoms with Crippen molar-refractivity contribution in [3.05, 3.63) is 89.5 Å². The number of amides is 2. The van der Waals surface area contributed by atoms with Crippen LogP contribution in [0, 0.1) is 6.92 Å². The van der Waals surface area contributed by atoms with Gasteiger partial charge in [0, 0.05) is 5.69 Å². The number of benzene rings is 3. The Morgan fingerprint density at radius 1 is 0.935 bits per heavy atom. The van der Waals surface area contributed by atoms with E-state index < -0.39 is 11.8 Å². The second-order valence-electron chi connectivity index (χ2n) is 6.73. The smallest absolute Gasteiger partial charge is 0.329 e. The average molecular weight is 417 g/mol.